The van der Waals surface area contributed by atoms with Crippen molar-refractivity contribution in [1.82, 2.24) is 9.62 Å². The summed E-state index contributed by atoms with van der Waals surface area (Å²) in [6.07, 6.45) is 0.572. The van der Waals surface area contributed by atoms with Crippen molar-refractivity contribution in [2.24, 2.45) is 0 Å². The van der Waals surface area contributed by atoms with Gasteiger partial charge >= 0.3 is 0 Å². The van der Waals surface area contributed by atoms with E-state index in [1.54, 1.807) is 0 Å². The van der Waals surface area contributed by atoms with Crippen molar-refractivity contribution in [3.05, 3.63) is 28.8 Å². The molecule has 8 heteroatoms. The van der Waals surface area contributed by atoms with Gasteiger partial charge in [-0.1, -0.05) is 11.6 Å². The second kappa shape index (κ2) is 6.02. The van der Waals surface area contributed by atoms with Gasteiger partial charge in [0, 0.05) is 26.1 Å². The number of halogens is 1. The summed E-state index contributed by atoms with van der Waals surface area (Å²) in [5.41, 5.74) is 0.230. The summed E-state index contributed by atoms with van der Waals surface area (Å²) in [7, 11) is -3.67. The Kier molecular flexibility index (Phi) is 4.52. The molecule has 0 aliphatic carbocycles. The highest BCUT2D eigenvalue weighted by Crippen LogP contribution is 2.25. The number of sulfonamides is 1. The monoisotopic (exact) mass is 327 g/mol. The maximum absolute atomic E-state index is 12.5. The standard InChI is InChI=1S/C13H14ClN3O3S/c1-9(18)16-11-4-5-17(8-11)21(19,20)12-3-2-10(7-15)13(14)6-12/h2-3,6,11H,4-5,8H2,1H3,(H,16,18). The molecule has 1 atom stereocenters. The topological polar surface area (TPSA) is 90.3 Å². The molecule has 1 unspecified atom stereocenters. The Morgan fingerprint density at radius 3 is 2.81 bits per heavy atom. The lowest BCUT2D eigenvalue weighted by Crippen LogP contribution is -2.37. The van der Waals surface area contributed by atoms with Crippen LogP contribution in [0, 0.1) is 11.3 Å². The fraction of sp³-hybridized carbons (Fsp3) is 0.385. The highest BCUT2D eigenvalue weighted by molar-refractivity contribution is 7.89. The second-order valence-corrected chi connectivity index (χ2v) is 7.15. The molecule has 1 amide bonds. The van der Waals surface area contributed by atoms with Crippen LogP contribution in [0.1, 0.15) is 18.9 Å². The fourth-order valence-electron chi connectivity index (χ4n) is 2.25. The van der Waals surface area contributed by atoms with E-state index in [9.17, 15) is 13.2 Å². The van der Waals surface area contributed by atoms with E-state index in [0.717, 1.165) is 0 Å². The summed E-state index contributed by atoms with van der Waals surface area (Å²) in [6, 6.07) is 5.74. The van der Waals surface area contributed by atoms with Crippen LogP contribution in [0.3, 0.4) is 0 Å². The first-order chi connectivity index (χ1) is 9.84. The van der Waals surface area contributed by atoms with E-state index in [1.165, 1.54) is 29.4 Å². The molecule has 1 heterocycles. The largest absolute Gasteiger partial charge is 0.352 e. The number of nitrogens with one attached hydrogen (secondary N) is 1. The highest BCUT2D eigenvalue weighted by Gasteiger charge is 2.33. The first kappa shape index (κ1) is 15.8. The lowest BCUT2D eigenvalue weighted by atomic mass is 10.2. The lowest BCUT2D eigenvalue weighted by Gasteiger charge is -2.17. The third kappa shape index (κ3) is 3.35. The highest BCUT2D eigenvalue weighted by atomic mass is 35.5. The number of nitriles is 1. The van der Waals surface area contributed by atoms with Crippen LogP contribution < -0.4 is 5.32 Å². The van der Waals surface area contributed by atoms with Gasteiger partial charge in [-0.15, -0.1) is 0 Å². The van der Waals surface area contributed by atoms with Crippen molar-refractivity contribution < 1.29 is 13.2 Å². The lowest BCUT2D eigenvalue weighted by molar-refractivity contribution is -0.119. The quantitative estimate of drug-likeness (QED) is 0.900. The number of rotatable bonds is 3. The number of benzene rings is 1. The summed E-state index contributed by atoms with van der Waals surface area (Å²) in [4.78, 5) is 11.1. The summed E-state index contributed by atoms with van der Waals surface area (Å²) < 4.78 is 26.3. The summed E-state index contributed by atoms with van der Waals surface area (Å²) in [6.45, 7) is 1.97. The Bertz CT molecular complexity index is 712. The summed E-state index contributed by atoms with van der Waals surface area (Å²) >= 11 is 5.88. The van der Waals surface area contributed by atoms with E-state index >= 15 is 0 Å². The zero-order valence-electron chi connectivity index (χ0n) is 11.3. The average Bonchev–Trinajstić information content (AvgIpc) is 2.87. The van der Waals surface area contributed by atoms with Crippen LogP contribution in [0.4, 0.5) is 0 Å². The van der Waals surface area contributed by atoms with Crippen molar-refractivity contribution in [3.63, 3.8) is 0 Å². The van der Waals surface area contributed by atoms with Gasteiger partial charge in [0.2, 0.25) is 15.9 Å². The zero-order chi connectivity index (χ0) is 15.6. The van der Waals surface area contributed by atoms with Gasteiger partial charge in [0.25, 0.3) is 0 Å². The Labute approximate surface area is 128 Å². The molecule has 1 saturated heterocycles. The van der Waals surface area contributed by atoms with Crippen molar-refractivity contribution >= 4 is 27.5 Å². The van der Waals surface area contributed by atoms with Crippen molar-refractivity contribution in [3.8, 4) is 6.07 Å². The van der Waals surface area contributed by atoms with E-state index < -0.39 is 10.0 Å². The number of nitrogens with zero attached hydrogens (tertiary/aromatic N) is 2. The normalized spacial score (nSPS) is 19.2. The minimum Gasteiger partial charge on any atom is -0.352 e. The van der Waals surface area contributed by atoms with Crippen molar-refractivity contribution in [1.29, 1.82) is 5.26 Å². The maximum Gasteiger partial charge on any atom is 0.243 e. The van der Waals surface area contributed by atoms with Crippen LogP contribution in [0.5, 0.6) is 0 Å². The minimum atomic E-state index is -3.67. The second-order valence-electron chi connectivity index (χ2n) is 4.80. The molecule has 0 radical (unpaired) electrons. The van der Waals surface area contributed by atoms with Gasteiger partial charge < -0.3 is 5.32 Å². The smallest absolute Gasteiger partial charge is 0.243 e. The summed E-state index contributed by atoms with van der Waals surface area (Å²) in [5.74, 6) is -0.180. The van der Waals surface area contributed by atoms with Crippen LogP contribution >= 0.6 is 11.6 Å². The first-order valence-electron chi connectivity index (χ1n) is 6.31. The molecule has 0 bridgehead atoms. The van der Waals surface area contributed by atoms with Crippen molar-refractivity contribution in [2.75, 3.05) is 13.1 Å². The Morgan fingerprint density at radius 2 is 2.24 bits per heavy atom. The van der Waals surface area contributed by atoms with Crippen LogP contribution in [-0.2, 0) is 14.8 Å². The minimum absolute atomic E-state index is 0.0509. The molecule has 2 rings (SSSR count). The Hall–Kier alpha value is -1.62. The molecule has 1 aliphatic heterocycles. The fourth-order valence-corrected chi connectivity index (χ4v) is 4.06. The molecule has 112 valence electrons. The van der Waals surface area contributed by atoms with E-state index in [4.69, 9.17) is 16.9 Å². The maximum atomic E-state index is 12.5. The molecular formula is C13H14ClN3O3S. The van der Waals surface area contributed by atoms with Crippen LogP contribution in [0.2, 0.25) is 5.02 Å². The molecular weight excluding hydrogens is 314 g/mol. The average molecular weight is 328 g/mol. The number of hydrogen-bond acceptors (Lipinski definition) is 4. The molecule has 1 aliphatic rings. The predicted molar refractivity (Wildman–Crippen MR) is 77.1 cm³/mol. The van der Waals surface area contributed by atoms with Gasteiger partial charge in [0.15, 0.2) is 0 Å². The first-order valence-corrected chi connectivity index (χ1v) is 8.13. The number of carbonyl (C=O) groups is 1. The van der Waals surface area contributed by atoms with Crippen molar-refractivity contribution in [2.45, 2.75) is 24.3 Å². The Morgan fingerprint density at radius 1 is 1.52 bits per heavy atom. The SMILES string of the molecule is CC(=O)NC1CCN(S(=O)(=O)c2ccc(C#N)c(Cl)c2)C1. The van der Waals surface area contributed by atoms with E-state index in [0.29, 0.717) is 13.0 Å². The number of amides is 1. The predicted octanol–water partition coefficient (Wildman–Crippen LogP) is 1.11. The third-order valence-corrected chi connectivity index (χ3v) is 5.43. The van der Waals surface area contributed by atoms with Gasteiger partial charge in [-0.05, 0) is 24.6 Å². The molecule has 21 heavy (non-hydrogen) atoms. The molecule has 0 saturated carbocycles. The molecule has 1 aromatic rings. The zero-order valence-corrected chi connectivity index (χ0v) is 12.9. The van der Waals surface area contributed by atoms with E-state index in [-0.39, 0.29) is 34.0 Å². The van der Waals surface area contributed by atoms with Crippen LogP contribution in [0.25, 0.3) is 0 Å². The summed E-state index contributed by atoms with van der Waals surface area (Å²) in [5, 5.41) is 11.6. The van der Waals surface area contributed by atoms with E-state index in [1.807, 2.05) is 6.07 Å². The molecule has 1 N–H and O–H groups in total. The molecule has 1 aromatic carbocycles. The molecule has 0 aromatic heterocycles. The Balaban J connectivity index is 2.22. The number of hydrogen-bond donors (Lipinski definition) is 1. The van der Waals surface area contributed by atoms with Gasteiger partial charge in [0.05, 0.1) is 15.5 Å². The van der Waals surface area contributed by atoms with E-state index in [2.05, 4.69) is 5.32 Å². The van der Waals surface area contributed by atoms with Gasteiger partial charge in [-0.2, -0.15) is 9.57 Å². The molecule has 0 spiro atoms. The van der Waals surface area contributed by atoms with Crippen LogP contribution in [0.15, 0.2) is 23.1 Å². The third-order valence-electron chi connectivity index (χ3n) is 3.26. The number of carbonyl (C=O) groups excluding carboxylic acids is 1. The van der Waals surface area contributed by atoms with Gasteiger partial charge in [-0.3, -0.25) is 4.79 Å². The molecule has 1 fully saturated rings. The molecule has 6 nitrogen and oxygen atoms in total. The van der Waals surface area contributed by atoms with Gasteiger partial charge in [0.1, 0.15) is 6.07 Å². The van der Waals surface area contributed by atoms with Gasteiger partial charge in [-0.25, -0.2) is 8.42 Å². The van der Waals surface area contributed by atoms with Crippen LogP contribution in [-0.4, -0.2) is 37.8 Å².